The molecule has 3 heteroatoms. The van der Waals surface area contributed by atoms with Gasteiger partial charge < -0.3 is 5.11 Å². The number of carboxylic acids is 1. The molecule has 0 saturated heterocycles. The van der Waals surface area contributed by atoms with Gasteiger partial charge in [0.15, 0.2) is 0 Å². The van der Waals surface area contributed by atoms with Gasteiger partial charge in [0.2, 0.25) is 0 Å². The first-order valence-corrected chi connectivity index (χ1v) is 4.19. The molecule has 2 nitrogen and oxygen atoms in total. The van der Waals surface area contributed by atoms with Crippen molar-refractivity contribution in [3.05, 3.63) is 41.2 Å². The normalized spacial score (nSPS) is 12.2. The monoisotopic (exact) mass is 194 g/mol. The van der Waals surface area contributed by atoms with Crippen LogP contribution in [0, 0.1) is 5.82 Å². The molecule has 0 radical (unpaired) electrons. The Morgan fingerprint density at radius 2 is 1.71 bits per heavy atom. The number of hydrogen-bond donors (Lipinski definition) is 1. The van der Waals surface area contributed by atoms with E-state index in [9.17, 15) is 9.18 Å². The fourth-order valence-electron chi connectivity index (χ4n) is 1.08. The van der Waals surface area contributed by atoms with Crippen molar-refractivity contribution in [2.24, 2.45) is 0 Å². The summed E-state index contributed by atoms with van der Waals surface area (Å²) >= 11 is 0. The topological polar surface area (TPSA) is 37.3 Å². The molecule has 0 aromatic heterocycles. The molecule has 0 aliphatic carbocycles. The SMILES string of the molecule is C/C(C(=O)O)=C(\C)c1ccc(F)cc1. The third-order valence-corrected chi connectivity index (χ3v) is 2.16. The maximum atomic E-state index is 12.6. The van der Waals surface area contributed by atoms with Gasteiger partial charge in [0.05, 0.1) is 0 Å². The van der Waals surface area contributed by atoms with Gasteiger partial charge in [-0.1, -0.05) is 12.1 Å². The van der Waals surface area contributed by atoms with Crippen LogP contribution in [0.4, 0.5) is 4.39 Å². The standard InChI is InChI=1S/C11H11FO2/c1-7(8(2)11(13)14)9-3-5-10(12)6-4-9/h3-6H,1-2H3,(H,13,14)/b8-7-. The largest absolute Gasteiger partial charge is 0.478 e. The molecule has 0 unspecified atom stereocenters. The Kier molecular flexibility index (Phi) is 3.02. The second kappa shape index (κ2) is 4.05. The summed E-state index contributed by atoms with van der Waals surface area (Å²) in [5.41, 5.74) is 1.65. The molecule has 0 atom stereocenters. The minimum absolute atomic E-state index is 0.275. The van der Waals surface area contributed by atoms with E-state index in [0.717, 1.165) is 5.56 Å². The number of rotatable bonds is 2. The van der Waals surface area contributed by atoms with Crippen LogP contribution in [0.1, 0.15) is 19.4 Å². The number of benzene rings is 1. The molecule has 74 valence electrons. The van der Waals surface area contributed by atoms with E-state index in [-0.39, 0.29) is 11.4 Å². The first-order chi connectivity index (χ1) is 6.52. The molecule has 0 spiro atoms. The van der Waals surface area contributed by atoms with E-state index in [4.69, 9.17) is 5.11 Å². The van der Waals surface area contributed by atoms with Gasteiger partial charge in [-0.25, -0.2) is 9.18 Å². The van der Waals surface area contributed by atoms with Gasteiger partial charge in [-0.3, -0.25) is 0 Å². The minimum Gasteiger partial charge on any atom is -0.478 e. The Labute approximate surface area is 81.7 Å². The quantitative estimate of drug-likeness (QED) is 0.735. The second-order valence-corrected chi connectivity index (χ2v) is 3.06. The van der Waals surface area contributed by atoms with Crippen molar-refractivity contribution in [3.8, 4) is 0 Å². The first-order valence-electron chi connectivity index (χ1n) is 4.19. The zero-order valence-corrected chi connectivity index (χ0v) is 8.04. The second-order valence-electron chi connectivity index (χ2n) is 3.06. The summed E-state index contributed by atoms with van der Waals surface area (Å²) in [6.07, 6.45) is 0. The van der Waals surface area contributed by atoms with Crippen LogP contribution in [-0.2, 0) is 4.79 Å². The van der Waals surface area contributed by atoms with Crippen molar-refractivity contribution >= 4 is 11.5 Å². The van der Waals surface area contributed by atoms with Crippen LogP contribution in [0.3, 0.4) is 0 Å². The third kappa shape index (κ3) is 2.19. The van der Waals surface area contributed by atoms with Gasteiger partial charge in [-0.2, -0.15) is 0 Å². The van der Waals surface area contributed by atoms with Gasteiger partial charge in [0.25, 0.3) is 0 Å². The van der Waals surface area contributed by atoms with E-state index in [1.807, 2.05) is 0 Å². The molecular weight excluding hydrogens is 183 g/mol. The average molecular weight is 194 g/mol. The molecule has 0 bridgehead atoms. The van der Waals surface area contributed by atoms with Crippen molar-refractivity contribution < 1.29 is 14.3 Å². The number of aliphatic carboxylic acids is 1. The number of carbonyl (C=O) groups is 1. The van der Waals surface area contributed by atoms with E-state index in [2.05, 4.69) is 0 Å². The number of carboxylic acid groups (broad SMARTS) is 1. The predicted octanol–water partition coefficient (Wildman–Crippen LogP) is 2.70. The fraction of sp³-hybridized carbons (Fsp3) is 0.182. The fourth-order valence-corrected chi connectivity index (χ4v) is 1.08. The lowest BCUT2D eigenvalue weighted by molar-refractivity contribution is -0.132. The van der Waals surface area contributed by atoms with E-state index in [1.54, 1.807) is 19.1 Å². The molecule has 1 N–H and O–H groups in total. The summed E-state index contributed by atoms with van der Waals surface area (Å²) in [5.74, 6) is -1.28. The van der Waals surface area contributed by atoms with Crippen LogP contribution >= 0.6 is 0 Å². The molecule has 0 amide bonds. The number of hydrogen-bond acceptors (Lipinski definition) is 1. The van der Waals surface area contributed by atoms with Crippen molar-refractivity contribution in [1.29, 1.82) is 0 Å². The highest BCUT2D eigenvalue weighted by Gasteiger charge is 2.06. The van der Waals surface area contributed by atoms with Crippen LogP contribution < -0.4 is 0 Å². The van der Waals surface area contributed by atoms with Gasteiger partial charge in [-0.15, -0.1) is 0 Å². The maximum absolute atomic E-state index is 12.6. The molecule has 14 heavy (non-hydrogen) atoms. The molecular formula is C11H11FO2. The molecule has 0 aliphatic rings. The first kappa shape index (κ1) is 10.4. The lowest BCUT2D eigenvalue weighted by atomic mass is 10.0. The highest BCUT2D eigenvalue weighted by Crippen LogP contribution is 2.18. The van der Waals surface area contributed by atoms with Crippen LogP contribution in [-0.4, -0.2) is 11.1 Å². The van der Waals surface area contributed by atoms with Gasteiger partial charge in [0.1, 0.15) is 5.82 Å². The Hall–Kier alpha value is -1.64. The van der Waals surface area contributed by atoms with Gasteiger partial charge >= 0.3 is 5.97 Å². The number of allylic oxidation sites excluding steroid dienone is 1. The van der Waals surface area contributed by atoms with Crippen molar-refractivity contribution in [2.75, 3.05) is 0 Å². The zero-order chi connectivity index (χ0) is 10.7. The summed E-state index contributed by atoms with van der Waals surface area (Å²) < 4.78 is 12.6. The average Bonchev–Trinajstić information content (AvgIpc) is 2.16. The summed E-state index contributed by atoms with van der Waals surface area (Å²) in [7, 11) is 0. The Bertz CT molecular complexity index is 377. The molecule has 0 heterocycles. The Morgan fingerprint density at radius 1 is 1.21 bits per heavy atom. The predicted molar refractivity (Wildman–Crippen MR) is 52.3 cm³/mol. The van der Waals surface area contributed by atoms with E-state index in [1.165, 1.54) is 19.1 Å². The van der Waals surface area contributed by atoms with Crippen LogP contribution in [0.5, 0.6) is 0 Å². The summed E-state index contributed by atoms with van der Waals surface area (Å²) in [5, 5.41) is 8.74. The minimum atomic E-state index is -0.952. The van der Waals surface area contributed by atoms with Crippen molar-refractivity contribution in [1.82, 2.24) is 0 Å². The van der Waals surface area contributed by atoms with Gasteiger partial charge in [-0.05, 0) is 37.1 Å². The Morgan fingerprint density at radius 3 is 2.14 bits per heavy atom. The molecule has 1 rings (SSSR count). The maximum Gasteiger partial charge on any atom is 0.331 e. The molecule has 0 aliphatic heterocycles. The summed E-state index contributed by atoms with van der Waals surface area (Å²) in [4.78, 5) is 10.6. The lowest BCUT2D eigenvalue weighted by Crippen LogP contribution is -1.99. The molecule has 0 fully saturated rings. The van der Waals surface area contributed by atoms with Crippen LogP contribution in [0.2, 0.25) is 0 Å². The third-order valence-electron chi connectivity index (χ3n) is 2.16. The number of halogens is 1. The summed E-state index contributed by atoms with van der Waals surface area (Å²) in [6, 6.07) is 5.76. The van der Waals surface area contributed by atoms with Crippen LogP contribution in [0.25, 0.3) is 5.57 Å². The highest BCUT2D eigenvalue weighted by atomic mass is 19.1. The van der Waals surface area contributed by atoms with Gasteiger partial charge in [0, 0.05) is 5.57 Å². The zero-order valence-electron chi connectivity index (χ0n) is 8.04. The Balaban J connectivity index is 3.12. The lowest BCUT2D eigenvalue weighted by Gasteiger charge is -2.03. The van der Waals surface area contributed by atoms with Crippen molar-refractivity contribution in [3.63, 3.8) is 0 Å². The molecule has 1 aromatic rings. The van der Waals surface area contributed by atoms with Crippen molar-refractivity contribution in [2.45, 2.75) is 13.8 Å². The van der Waals surface area contributed by atoms with E-state index in [0.29, 0.717) is 5.57 Å². The highest BCUT2D eigenvalue weighted by molar-refractivity contribution is 5.95. The molecule has 0 saturated carbocycles. The van der Waals surface area contributed by atoms with E-state index >= 15 is 0 Å². The smallest absolute Gasteiger partial charge is 0.331 e. The van der Waals surface area contributed by atoms with Crippen LogP contribution in [0.15, 0.2) is 29.8 Å². The van der Waals surface area contributed by atoms with E-state index < -0.39 is 5.97 Å². The molecule has 1 aromatic carbocycles. The summed E-state index contributed by atoms with van der Waals surface area (Å²) in [6.45, 7) is 3.23.